The monoisotopic (exact) mass is 322 g/mol. The van der Waals surface area contributed by atoms with Gasteiger partial charge >= 0.3 is 0 Å². The molecule has 3 nitrogen and oxygen atoms in total. The van der Waals surface area contributed by atoms with Gasteiger partial charge in [0.1, 0.15) is 0 Å². The van der Waals surface area contributed by atoms with Crippen LogP contribution in [-0.2, 0) is 0 Å². The zero-order chi connectivity index (χ0) is 14.8. The lowest BCUT2D eigenvalue weighted by Crippen LogP contribution is -2.39. The molecular weight excluding hydrogens is 304 g/mol. The van der Waals surface area contributed by atoms with Gasteiger partial charge in [-0.2, -0.15) is 0 Å². The number of rotatable bonds is 3. The highest BCUT2D eigenvalue weighted by atomic mass is 35.5. The Hall–Kier alpha value is -1.10. The number of thiazole rings is 1. The molecule has 2 atom stereocenters. The van der Waals surface area contributed by atoms with Crippen molar-refractivity contribution in [2.45, 2.75) is 25.9 Å². The van der Waals surface area contributed by atoms with E-state index in [-0.39, 0.29) is 6.10 Å². The average Bonchev–Trinajstić information content (AvgIpc) is 2.97. The van der Waals surface area contributed by atoms with Gasteiger partial charge in [-0.05, 0) is 25.8 Å². The van der Waals surface area contributed by atoms with Crippen LogP contribution in [0, 0.1) is 5.92 Å². The molecule has 0 saturated carbocycles. The van der Waals surface area contributed by atoms with Gasteiger partial charge in [-0.15, -0.1) is 11.3 Å². The van der Waals surface area contributed by atoms with Crippen LogP contribution in [-0.4, -0.2) is 29.3 Å². The lowest BCUT2D eigenvalue weighted by molar-refractivity contribution is 0.115. The Bertz CT molecular complexity index is 614. The van der Waals surface area contributed by atoms with Crippen LogP contribution in [0.1, 0.15) is 19.8 Å². The normalized spacial score (nSPS) is 20.5. The van der Waals surface area contributed by atoms with E-state index in [2.05, 4.69) is 10.3 Å². The van der Waals surface area contributed by atoms with E-state index in [1.165, 1.54) is 0 Å². The van der Waals surface area contributed by atoms with Gasteiger partial charge in [0.05, 0.1) is 11.8 Å². The predicted molar refractivity (Wildman–Crippen MR) is 89.2 cm³/mol. The standard InChI is InChI=1S/C16H19ClN2OS/c1-11(20)12-5-4-8-19(9-12)16-18-15(10-21-16)13-6-2-3-7-14(13)17/h2-3,6-7,10-12,20H,4-5,8-9H2,1H3. The third-order valence-corrected chi connectivity index (χ3v) is 5.28. The molecule has 0 bridgehead atoms. The minimum absolute atomic E-state index is 0.254. The summed E-state index contributed by atoms with van der Waals surface area (Å²) in [5, 5.41) is 13.6. The molecule has 0 amide bonds. The first kappa shape index (κ1) is 14.8. The van der Waals surface area contributed by atoms with Crippen molar-refractivity contribution in [1.29, 1.82) is 0 Å². The summed E-state index contributed by atoms with van der Waals surface area (Å²) in [6.45, 7) is 3.77. The molecule has 2 heterocycles. The van der Waals surface area contributed by atoms with E-state index in [1.54, 1.807) is 11.3 Å². The van der Waals surface area contributed by atoms with Crippen molar-refractivity contribution < 1.29 is 5.11 Å². The van der Waals surface area contributed by atoms with Gasteiger partial charge in [0, 0.05) is 35.0 Å². The summed E-state index contributed by atoms with van der Waals surface area (Å²) in [6.07, 6.45) is 1.95. The van der Waals surface area contributed by atoms with Crippen molar-refractivity contribution in [3.8, 4) is 11.3 Å². The fourth-order valence-electron chi connectivity index (χ4n) is 2.78. The number of benzene rings is 1. The van der Waals surface area contributed by atoms with Crippen LogP contribution >= 0.6 is 22.9 Å². The first-order valence-electron chi connectivity index (χ1n) is 7.28. The molecule has 5 heteroatoms. The van der Waals surface area contributed by atoms with E-state index in [0.29, 0.717) is 5.92 Å². The fourth-order valence-corrected chi connectivity index (χ4v) is 3.87. The second kappa shape index (κ2) is 6.34. The Morgan fingerprint density at radius 1 is 1.43 bits per heavy atom. The third kappa shape index (κ3) is 3.23. The number of aliphatic hydroxyl groups excluding tert-OH is 1. The summed E-state index contributed by atoms with van der Waals surface area (Å²) in [5.41, 5.74) is 1.91. The van der Waals surface area contributed by atoms with Gasteiger partial charge in [-0.25, -0.2) is 4.98 Å². The van der Waals surface area contributed by atoms with E-state index in [0.717, 1.165) is 47.3 Å². The van der Waals surface area contributed by atoms with Crippen molar-refractivity contribution in [2.24, 2.45) is 5.92 Å². The maximum atomic E-state index is 9.80. The van der Waals surface area contributed by atoms with Gasteiger partial charge in [-0.1, -0.05) is 29.8 Å². The van der Waals surface area contributed by atoms with Gasteiger partial charge in [0.15, 0.2) is 5.13 Å². The molecule has 1 aromatic carbocycles. The SMILES string of the molecule is CC(O)C1CCCN(c2nc(-c3ccccc3Cl)cs2)C1. The summed E-state index contributed by atoms with van der Waals surface area (Å²) in [5.74, 6) is 0.339. The van der Waals surface area contributed by atoms with E-state index >= 15 is 0 Å². The summed E-state index contributed by atoms with van der Waals surface area (Å²) < 4.78 is 0. The molecule has 112 valence electrons. The number of nitrogens with zero attached hydrogens (tertiary/aromatic N) is 2. The zero-order valence-corrected chi connectivity index (χ0v) is 13.6. The number of hydrogen-bond donors (Lipinski definition) is 1. The lowest BCUT2D eigenvalue weighted by Gasteiger charge is -2.33. The molecule has 3 rings (SSSR count). The van der Waals surface area contributed by atoms with Crippen molar-refractivity contribution in [3.05, 3.63) is 34.7 Å². The topological polar surface area (TPSA) is 36.4 Å². The van der Waals surface area contributed by atoms with Crippen LogP contribution in [0.2, 0.25) is 5.02 Å². The maximum absolute atomic E-state index is 9.80. The molecule has 1 saturated heterocycles. The number of aliphatic hydroxyl groups is 1. The molecule has 1 N–H and O–H groups in total. The second-order valence-corrected chi connectivity index (χ2v) is 6.83. The number of piperidine rings is 1. The van der Waals surface area contributed by atoms with Crippen LogP contribution in [0.5, 0.6) is 0 Å². The van der Waals surface area contributed by atoms with Crippen LogP contribution in [0.3, 0.4) is 0 Å². The van der Waals surface area contributed by atoms with Crippen LogP contribution < -0.4 is 4.90 Å². The Morgan fingerprint density at radius 2 is 2.24 bits per heavy atom. The molecule has 0 radical (unpaired) electrons. The lowest BCUT2D eigenvalue weighted by atomic mass is 9.94. The minimum atomic E-state index is -0.254. The molecule has 1 aliphatic heterocycles. The van der Waals surface area contributed by atoms with Gasteiger partial charge in [0.25, 0.3) is 0 Å². The summed E-state index contributed by atoms with van der Waals surface area (Å²) in [4.78, 5) is 7.02. The van der Waals surface area contributed by atoms with Gasteiger partial charge in [0.2, 0.25) is 0 Å². The molecule has 1 aromatic heterocycles. The van der Waals surface area contributed by atoms with Crippen LogP contribution in [0.4, 0.5) is 5.13 Å². The molecule has 0 spiro atoms. The van der Waals surface area contributed by atoms with Gasteiger partial charge in [-0.3, -0.25) is 0 Å². The largest absolute Gasteiger partial charge is 0.393 e. The minimum Gasteiger partial charge on any atom is -0.393 e. The van der Waals surface area contributed by atoms with E-state index < -0.39 is 0 Å². The highest BCUT2D eigenvalue weighted by Gasteiger charge is 2.25. The molecule has 1 aliphatic rings. The first-order valence-corrected chi connectivity index (χ1v) is 8.54. The van der Waals surface area contributed by atoms with E-state index in [4.69, 9.17) is 16.6 Å². The molecular formula is C16H19ClN2OS. The Labute approximate surface area is 134 Å². The Morgan fingerprint density at radius 3 is 3.00 bits per heavy atom. The fraction of sp³-hybridized carbons (Fsp3) is 0.438. The van der Waals surface area contributed by atoms with E-state index in [1.807, 2.05) is 31.2 Å². The summed E-state index contributed by atoms with van der Waals surface area (Å²) >= 11 is 7.88. The van der Waals surface area contributed by atoms with Crippen LogP contribution in [0.15, 0.2) is 29.6 Å². The number of hydrogen-bond acceptors (Lipinski definition) is 4. The predicted octanol–water partition coefficient (Wildman–Crippen LogP) is 4.06. The Balaban J connectivity index is 1.80. The Kier molecular flexibility index (Phi) is 4.48. The molecule has 0 aliphatic carbocycles. The maximum Gasteiger partial charge on any atom is 0.185 e. The highest BCUT2D eigenvalue weighted by Crippen LogP contribution is 2.33. The molecule has 2 aromatic rings. The van der Waals surface area contributed by atoms with Gasteiger partial charge < -0.3 is 10.0 Å². The molecule has 21 heavy (non-hydrogen) atoms. The van der Waals surface area contributed by atoms with Crippen molar-refractivity contribution >= 4 is 28.1 Å². The quantitative estimate of drug-likeness (QED) is 0.925. The third-order valence-electron chi connectivity index (χ3n) is 4.05. The average molecular weight is 323 g/mol. The summed E-state index contributed by atoms with van der Waals surface area (Å²) in [6, 6.07) is 7.79. The number of halogens is 1. The smallest absolute Gasteiger partial charge is 0.185 e. The summed E-state index contributed by atoms with van der Waals surface area (Å²) in [7, 11) is 0. The number of anilines is 1. The van der Waals surface area contributed by atoms with E-state index in [9.17, 15) is 5.11 Å². The second-order valence-electron chi connectivity index (χ2n) is 5.58. The van der Waals surface area contributed by atoms with Crippen molar-refractivity contribution in [2.75, 3.05) is 18.0 Å². The first-order chi connectivity index (χ1) is 10.1. The molecule has 2 unspecified atom stereocenters. The van der Waals surface area contributed by atoms with Crippen molar-refractivity contribution in [3.63, 3.8) is 0 Å². The zero-order valence-electron chi connectivity index (χ0n) is 12.0. The number of aromatic nitrogens is 1. The highest BCUT2D eigenvalue weighted by molar-refractivity contribution is 7.14. The van der Waals surface area contributed by atoms with Crippen molar-refractivity contribution in [1.82, 2.24) is 4.98 Å². The molecule has 1 fully saturated rings. The van der Waals surface area contributed by atoms with Crippen LogP contribution in [0.25, 0.3) is 11.3 Å².